The van der Waals surface area contributed by atoms with Crippen LogP contribution in [-0.2, 0) is 16.1 Å². The van der Waals surface area contributed by atoms with Crippen LogP contribution >= 0.6 is 0 Å². The van der Waals surface area contributed by atoms with E-state index >= 15 is 0 Å². The number of imidazole rings is 1. The number of carbonyl (C=O) groups excluding carboxylic acids is 2. The van der Waals surface area contributed by atoms with Crippen molar-refractivity contribution < 1.29 is 9.59 Å². The van der Waals surface area contributed by atoms with Crippen LogP contribution in [0.2, 0.25) is 0 Å². The Balaban J connectivity index is 1.53. The van der Waals surface area contributed by atoms with Gasteiger partial charge in [0.1, 0.15) is 6.42 Å². The second-order valence-electron chi connectivity index (χ2n) is 6.00. The Morgan fingerprint density at radius 2 is 1.96 bits per heavy atom. The Labute approximate surface area is 145 Å². The summed E-state index contributed by atoms with van der Waals surface area (Å²) in [7, 11) is 0. The molecule has 6 heteroatoms. The smallest absolute Gasteiger partial charge is 0.233 e. The predicted molar refractivity (Wildman–Crippen MR) is 97.1 cm³/mol. The number of H-pyrrole nitrogens is 1. The maximum absolute atomic E-state index is 12.1. The summed E-state index contributed by atoms with van der Waals surface area (Å²) in [6.45, 7) is 4.29. The zero-order chi connectivity index (χ0) is 17.8. The summed E-state index contributed by atoms with van der Waals surface area (Å²) < 4.78 is 0. The van der Waals surface area contributed by atoms with E-state index in [1.807, 2.05) is 50.2 Å². The highest BCUT2D eigenvalue weighted by atomic mass is 16.2. The van der Waals surface area contributed by atoms with E-state index in [4.69, 9.17) is 0 Å². The van der Waals surface area contributed by atoms with Crippen LogP contribution in [0.3, 0.4) is 0 Å². The topological polar surface area (TPSA) is 86.9 Å². The van der Waals surface area contributed by atoms with Gasteiger partial charge in [0.25, 0.3) is 0 Å². The number of anilines is 1. The average Bonchev–Trinajstić information content (AvgIpc) is 3.05. The summed E-state index contributed by atoms with van der Waals surface area (Å²) in [5, 5.41) is 5.55. The van der Waals surface area contributed by atoms with Gasteiger partial charge in [0, 0.05) is 12.2 Å². The van der Waals surface area contributed by atoms with Crippen molar-refractivity contribution in [2.45, 2.75) is 26.8 Å². The van der Waals surface area contributed by atoms with Crippen molar-refractivity contribution in [2.75, 3.05) is 5.32 Å². The number of amides is 2. The van der Waals surface area contributed by atoms with Crippen molar-refractivity contribution in [3.63, 3.8) is 0 Å². The molecule has 3 aromatic rings. The lowest BCUT2D eigenvalue weighted by Crippen LogP contribution is -2.27. The first kappa shape index (κ1) is 16.7. The van der Waals surface area contributed by atoms with Gasteiger partial charge in [0.15, 0.2) is 0 Å². The second-order valence-corrected chi connectivity index (χ2v) is 6.00. The highest BCUT2D eigenvalue weighted by molar-refractivity contribution is 6.03. The molecule has 0 radical (unpaired) electrons. The number of hydrogen-bond acceptors (Lipinski definition) is 3. The molecule has 0 saturated heterocycles. The molecule has 2 aromatic carbocycles. The largest absolute Gasteiger partial charge is 0.352 e. The van der Waals surface area contributed by atoms with E-state index in [1.54, 1.807) is 6.33 Å². The Morgan fingerprint density at radius 3 is 2.80 bits per heavy atom. The fourth-order valence-corrected chi connectivity index (χ4v) is 2.58. The minimum atomic E-state index is -0.324. The number of benzene rings is 2. The van der Waals surface area contributed by atoms with Crippen LogP contribution < -0.4 is 10.6 Å². The molecule has 0 fully saturated rings. The monoisotopic (exact) mass is 336 g/mol. The Bertz CT molecular complexity index is 930. The van der Waals surface area contributed by atoms with Gasteiger partial charge >= 0.3 is 0 Å². The van der Waals surface area contributed by atoms with E-state index in [2.05, 4.69) is 20.6 Å². The summed E-state index contributed by atoms with van der Waals surface area (Å²) in [5.41, 5.74) is 5.57. The number of hydrogen-bond donors (Lipinski definition) is 3. The van der Waals surface area contributed by atoms with E-state index in [0.29, 0.717) is 6.54 Å². The summed E-state index contributed by atoms with van der Waals surface area (Å²) in [4.78, 5) is 31.2. The first-order chi connectivity index (χ1) is 12.0. The van der Waals surface area contributed by atoms with Gasteiger partial charge in [0.2, 0.25) is 11.8 Å². The zero-order valence-electron chi connectivity index (χ0n) is 14.2. The van der Waals surface area contributed by atoms with Crippen molar-refractivity contribution in [1.82, 2.24) is 15.3 Å². The molecule has 0 aliphatic carbocycles. The minimum absolute atomic E-state index is 0.209. The minimum Gasteiger partial charge on any atom is -0.352 e. The van der Waals surface area contributed by atoms with Crippen molar-refractivity contribution >= 4 is 28.5 Å². The molecule has 0 spiro atoms. The SMILES string of the molecule is Cc1cccc(NC(=O)CC(=O)NCc2ccc3nc[nH]c3c2)c1C. The zero-order valence-corrected chi connectivity index (χ0v) is 14.2. The normalized spacial score (nSPS) is 10.6. The van der Waals surface area contributed by atoms with Gasteiger partial charge in [-0.3, -0.25) is 9.59 Å². The molecule has 25 heavy (non-hydrogen) atoms. The lowest BCUT2D eigenvalue weighted by atomic mass is 10.1. The number of carbonyl (C=O) groups is 2. The third-order valence-electron chi connectivity index (χ3n) is 4.17. The van der Waals surface area contributed by atoms with E-state index in [1.165, 1.54) is 0 Å². The van der Waals surface area contributed by atoms with Crippen molar-refractivity contribution in [3.8, 4) is 0 Å². The van der Waals surface area contributed by atoms with Gasteiger partial charge in [-0.2, -0.15) is 0 Å². The molecule has 3 N–H and O–H groups in total. The molecule has 1 heterocycles. The maximum atomic E-state index is 12.1. The molecule has 0 unspecified atom stereocenters. The van der Waals surface area contributed by atoms with Crippen LogP contribution in [0.4, 0.5) is 5.69 Å². The number of aryl methyl sites for hydroxylation is 1. The lowest BCUT2D eigenvalue weighted by molar-refractivity contribution is -0.126. The van der Waals surface area contributed by atoms with Crippen LogP contribution in [0, 0.1) is 13.8 Å². The third-order valence-corrected chi connectivity index (χ3v) is 4.17. The Morgan fingerprint density at radius 1 is 1.12 bits per heavy atom. The van der Waals surface area contributed by atoms with E-state index in [9.17, 15) is 9.59 Å². The molecule has 0 atom stereocenters. The standard InChI is InChI=1S/C19H20N4O2/c1-12-4-3-5-15(13(12)2)23-19(25)9-18(24)20-10-14-6-7-16-17(8-14)22-11-21-16/h3-8,11H,9-10H2,1-2H3,(H,20,24)(H,21,22)(H,23,25). The molecule has 0 aliphatic heterocycles. The maximum Gasteiger partial charge on any atom is 0.233 e. The first-order valence-electron chi connectivity index (χ1n) is 8.07. The summed E-state index contributed by atoms with van der Waals surface area (Å²) in [5.74, 6) is -0.636. The number of aromatic nitrogens is 2. The molecular formula is C19H20N4O2. The second kappa shape index (κ2) is 7.17. The van der Waals surface area contributed by atoms with Gasteiger partial charge in [-0.15, -0.1) is 0 Å². The number of rotatable bonds is 5. The third kappa shape index (κ3) is 4.03. The highest BCUT2D eigenvalue weighted by Gasteiger charge is 2.11. The van der Waals surface area contributed by atoms with Crippen molar-refractivity contribution in [1.29, 1.82) is 0 Å². The molecule has 0 saturated carbocycles. The quantitative estimate of drug-likeness (QED) is 0.626. The molecule has 128 valence electrons. The number of nitrogens with zero attached hydrogens (tertiary/aromatic N) is 1. The van der Waals surface area contributed by atoms with Crippen LogP contribution in [0.5, 0.6) is 0 Å². The van der Waals surface area contributed by atoms with Crippen LogP contribution in [0.1, 0.15) is 23.1 Å². The van der Waals surface area contributed by atoms with Crippen molar-refractivity contribution in [3.05, 3.63) is 59.4 Å². The fraction of sp³-hybridized carbons (Fsp3) is 0.211. The molecule has 0 bridgehead atoms. The van der Waals surface area contributed by atoms with Crippen LogP contribution in [0.25, 0.3) is 11.0 Å². The van der Waals surface area contributed by atoms with Crippen LogP contribution in [0.15, 0.2) is 42.7 Å². The lowest BCUT2D eigenvalue weighted by Gasteiger charge is -2.10. The van der Waals surface area contributed by atoms with Gasteiger partial charge in [0.05, 0.1) is 17.4 Å². The number of aromatic amines is 1. The fourth-order valence-electron chi connectivity index (χ4n) is 2.58. The first-order valence-corrected chi connectivity index (χ1v) is 8.07. The van der Waals surface area contributed by atoms with Crippen molar-refractivity contribution in [2.24, 2.45) is 0 Å². The van der Waals surface area contributed by atoms with Gasteiger partial charge in [-0.25, -0.2) is 4.98 Å². The molecule has 0 aliphatic rings. The molecule has 3 rings (SSSR count). The van der Waals surface area contributed by atoms with E-state index in [0.717, 1.165) is 33.4 Å². The summed E-state index contributed by atoms with van der Waals surface area (Å²) in [6, 6.07) is 11.4. The Kier molecular flexibility index (Phi) is 4.79. The molecular weight excluding hydrogens is 316 g/mol. The average molecular weight is 336 g/mol. The molecule has 1 aromatic heterocycles. The van der Waals surface area contributed by atoms with Crippen LogP contribution in [-0.4, -0.2) is 21.8 Å². The van der Waals surface area contributed by atoms with Gasteiger partial charge < -0.3 is 15.6 Å². The number of nitrogens with one attached hydrogen (secondary N) is 3. The summed E-state index contributed by atoms with van der Waals surface area (Å²) >= 11 is 0. The molecule has 6 nitrogen and oxygen atoms in total. The van der Waals surface area contributed by atoms with Gasteiger partial charge in [-0.1, -0.05) is 18.2 Å². The van der Waals surface area contributed by atoms with E-state index in [-0.39, 0.29) is 18.2 Å². The number of fused-ring (bicyclic) bond motifs is 1. The predicted octanol–water partition coefficient (Wildman–Crippen LogP) is 2.82. The van der Waals surface area contributed by atoms with Gasteiger partial charge in [-0.05, 0) is 48.7 Å². The highest BCUT2D eigenvalue weighted by Crippen LogP contribution is 2.18. The molecule has 2 amide bonds. The summed E-state index contributed by atoms with van der Waals surface area (Å²) in [6.07, 6.45) is 1.42. The van der Waals surface area contributed by atoms with E-state index < -0.39 is 0 Å². The Hall–Kier alpha value is -3.15.